The zero-order chi connectivity index (χ0) is 22.2. The average molecular weight is 456 g/mol. The molecule has 0 saturated heterocycles. The lowest BCUT2D eigenvalue weighted by Gasteiger charge is -2.27. The van der Waals surface area contributed by atoms with E-state index in [1.54, 1.807) is 6.07 Å². The van der Waals surface area contributed by atoms with Crippen LogP contribution in [0, 0.1) is 0 Å². The lowest BCUT2D eigenvalue weighted by atomic mass is 10.0. The van der Waals surface area contributed by atoms with Crippen LogP contribution < -0.4 is 10.6 Å². The van der Waals surface area contributed by atoms with Crippen molar-refractivity contribution in [2.45, 2.75) is 18.5 Å². The zero-order valence-electron chi connectivity index (χ0n) is 17.5. The van der Waals surface area contributed by atoms with Crippen LogP contribution >= 0.6 is 22.9 Å². The first-order valence-corrected chi connectivity index (χ1v) is 11.3. The molecular formula is C24H26ClN3O2S. The molecule has 2 amide bonds. The molecule has 5 nitrogen and oxygen atoms in total. The molecule has 2 aromatic carbocycles. The molecule has 0 unspecified atom stereocenters. The van der Waals surface area contributed by atoms with Gasteiger partial charge in [0.1, 0.15) is 6.04 Å². The lowest BCUT2D eigenvalue weighted by Crippen LogP contribution is -2.49. The fraction of sp³-hybridized carbons (Fsp3) is 0.250. The van der Waals surface area contributed by atoms with Crippen molar-refractivity contribution in [2.24, 2.45) is 0 Å². The van der Waals surface area contributed by atoms with Gasteiger partial charge in [0.25, 0.3) is 5.91 Å². The van der Waals surface area contributed by atoms with Gasteiger partial charge in [0, 0.05) is 18.0 Å². The summed E-state index contributed by atoms with van der Waals surface area (Å²) >= 11 is 7.73. The van der Waals surface area contributed by atoms with E-state index in [0.29, 0.717) is 22.9 Å². The molecule has 1 heterocycles. The molecule has 0 spiro atoms. The highest BCUT2D eigenvalue weighted by Gasteiger charge is 2.24. The number of rotatable bonds is 9. The van der Waals surface area contributed by atoms with Crippen LogP contribution in [0.1, 0.15) is 26.8 Å². The van der Waals surface area contributed by atoms with Crippen LogP contribution in [0.15, 0.2) is 72.1 Å². The van der Waals surface area contributed by atoms with Crippen molar-refractivity contribution in [2.75, 3.05) is 20.6 Å². The highest BCUT2D eigenvalue weighted by molar-refractivity contribution is 7.12. The Morgan fingerprint density at radius 2 is 1.71 bits per heavy atom. The molecule has 3 aromatic rings. The Balaban J connectivity index is 1.73. The number of hydrogen-bond donors (Lipinski definition) is 2. The molecule has 0 aliphatic rings. The van der Waals surface area contributed by atoms with E-state index in [-0.39, 0.29) is 17.9 Å². The van der Waals surface area contributed by atoms with Crippen LogP contribution in [0.2, 0.25) is 5.02 Å². The smallest absolute Gasteiger partial charge is 0.262 e. The number of hydrogen-bond acceptors (Lipinski definition) is 4. The number of carbonyl (C=O) groups is 2. The van der Waals surface area contributed by atoms with Crippen molar-refractivity contribution in [3.8, 4) is 0 Å². The summed E-state index contributed by atoms with van der Waals surface area (Å²) in [4.78, 5) is 28.3. The Morgan fingerprint density at radius 1 is 1.00 bits per heavy atom. The van der Waals surface area contributed by atoms with Crippen LogP contribution in [0.4, 0.5) is 0 Å². The second-order valence-corrected chi connectivity index (χ2v) is 8.79. The Hall–Kier alpha value is -2.67. The van der Waals surface area contributed by atoms with E-state index in [4.69, 9.17) is 11.6 Å². The quantitative estimate of drug-likeness (QED) is 0.509. The van der Waals surface area contributed by atoms with Gasteiger partial charge in [-0.3, -0.25) is 9.59 Å². The summed E-state index contributed by atoms with van der Waals surface area (Å²) in [5, 5.41) is 8.40. The van der Waals surface area contributed by atoms with Crippen LogP contribution in [0.3, 0.4) is 0 Å². The molecule has 31 heavy (non-hydrogen) atoms. The third-order valence-electron chi connectivity index (χ3n) is 5.01. The number of likely N-dealkylation sites (N-methyl/N-ethyl adjacent to an activating group) is 1. The first-order chi connectivity index (χ1) is 15.0. The maximum Gasteiger partial charge on any atom is 0.262 e. The Kier molecular flexibility index (Phi) is 8.23. The van der Waals surface area contributed by atoms with Crippen LogP contribution in [-0.4, -0.2) is 43.4 Å². The van der Waals surface area contributed by atoms with E-state index in [2.05, 4.69) is 10.6 Å². The molecule has 162 valence electrons. The van der Waals surface area contributed by atoms with Crippen molar-refractivity contribution >= 4 is 34.8 Å². The van der Waals surface area contributed by atoms with E-state index >= 15 is 0 Å². The fourth-order valence-electron chi connectivity index (χ4n) is 3.33. The molecule has 0 bridgehead atoms. The van der Waals surface area contributed by atoms with Gasteiger partial charge in [0.05, 0.1) is 10.9 Å². The predicted molar refractivity (Wildman–Crippen MR) is 127 cm³/mol. The molecule has 2 atom stereocenters. The SMILES string of the molecule is CN(C)[C@H](CNC(=O)[C@@H](Cc1ccccc1)NC(=O)c1cccs1)c1ccccc1Cl. The first kappa shape index (κ1) is 23.0. The van der Waals surface area contributed by atoms with Gasteiger partial charge in [0.2, 0.25) is 5.91 Å². The standard InChI is InChI=1S/C24H26ClN3O2S/c1-28(2)21(18-11-6-7-12-19(18)25)16-26-23(29)20(15-17-9-4-3-5-10-17)27-24(30)22-13-8-14-31-22/h3-14,20-21H,15-16H2,1-2H3,(H,26,29)(H,27,30)/t20-,21-/m1/s1. The molecule has 7 heteroatoms. The number of amides is 2. The number of benzene rings is 2. The molecule has 1 aromatic heterocycles. The number of thiophene rings is 1. The molecule has 0 radical (unpaired) electrons. The van der Waals surface area contributed by atoms with Gasteiger partial charge in [-0.1, -0.05) is 66.2 Å². The van der Waals surface area contributed by atoms with Crippen molar-refractivity contribution in [3.63, 3.8) is 0 Å². The fourth-order valence-corrected chi connectivity index (χ4v) is 4.22. The van der Waals surface area contributed by atoms with E-state index in [0.717, 1.165) is 11.1 Å². The molecule has 0 fully saturated rings. The summed E-state index contributed by atoms with van der Waals surface area (Å²) in [5.74, 6) is -0.478. The average Bonchev–Trinajstić information content (AvgIpc) is 3.30. The number of carbonyl (C=O) groups excluding carboxylic acids is 2. The van der Waals surface area contributed by atoms with Crippen LogP contribution in [-0.2, 0) is 11.2 Å². The summed E-state index contributed by atoms with van der Waals surface area (Å²) in [6, 6.07) is 20.1. The summed E-state index contributed by atoms with van der Waals surface area (Å²) in [5.41, 5.74) is 1.92. The van der Waals surface area contributed by atoms with Gasteiger partial charge in [0.15, 0.2) is 0 Å². The second kappa shape index (κ2) is 11.1. The minimum atomic E-state index is -0.689. The Bertz CT molecular complexity index is 993. The van der Waals surface area contributed by atoms with E-state index < -0.39 is 6.04 Å². The highest BCUT2D eigenvalue weighted by Crippen LogP contribution is 2.25. The van der Waals surface area contributed by atoms with Gasteiger partial charge in [-0.2, -0.15) is 0 Å². The zero-order valence-corrected chi connectivity index (χ0v) is 19.1. The minimum absolute atomic E-state index is 0.0944. The van der Waals surface area contributed by atoms with Crippen LogP contribution in [0.25, 0.3) is 0 Å². The van der Waals surface area contributed by atoms with E-state index in [1.807, 2.05) is 85.0 Å². The first-order valence-electron chi connectivity index (χ1n) is 10.0. The summed E-state index contributed by atoms with van der Waals surface area (Å²) in [6.45, 7) is 0.371. The Morgan fingerprint density at radius 3 is 2.35 bits per heavy atom. The van der Waals surface area contributed by atoms with Crippen molar-refractivity contribution < 1.29 is 9.59 Å². The molecule has 0 saturated carbocycles. The third kappa shape index (κ3) is 6.40. The maximum atomic E-state index is 13.1. The monoisotopic (exact) mass is 455 g/mol. The largest absolute Gasteiger partial charge is 0.352 e. The van der Waals surface area contributed by atoms with Crippen molar-refractivity contribution in [3.05, 3.63) is 93.1 Å². The highest BCUT2D eigenvalue weighted by atomic mass is 35.5. The third-order valence-corrected chi connectivity index (χ3v) is 6.22. The predicted octanol–water partition coefficient (Wildman–Crippen LogP) is 4.16. The number of nitrogens with one attached hydrogen (secondary N) is 2. The van der Waals surface area contributed by atoms with Crippen molar-refractivity contribution in [1.29, 1.82) is 0 Å². The summed E-state index contributed by atoms with van der Waals surface area (Å²) in [6.07, 6.45) is 0.405. The Labute approximate surface area is 192 Å². The second-order valence-electron chi connectivity index (χ2n) is 7.44. The minimum Gasteiger partial charge on any atom is -0.352 e. The number of nitrogens with zero attached hydrogens (tertiary/aromatic N) is 1. The summed E-state index contributed by atoms with van der Waals surface area (Å²) < 4.78 is 0. The molecule has 3 rings (SSSR count). The van der Waals surface area contributed by atoms with E-state index in [9.17, 15) is 9.59 Å². The van der Waals surface area contributed by atoms with Gasteiger partial charge < -0.3 is 15.5 Å². The normalized spacial score (nSPS) is 12.9. The van der Waals surface area contributed by atoms with Gasteiger partial charge >= 0.3 is 0 Å². The van der Waals surface area contributed by atoms with Gasteiger partial charge in [-0.05, 0) is 42.7 Å². The number of halogens is 1. The molecule has 0 aliphatic carbocycles. The van der Waals surface area contributed by atoms with E-state index in [1.165, 1.54) is 11.3 Å². The van der Waals surface area contributed by atoms with Gasteiger partial charge in [-0.25, -0.2) is 0 Å². The molecule has 2 N–H and O–H groups in total. The topological polar surface area (TPSA) is 61.4 Å². The van der Waals surface area contributed by atoms with Crippen molar-refractivity contribution in [1.82, 2.24) is 15.5 Å². The summed E-state index contributed by atoms with van der Waals surface area (Å²) in [7, 11) is 3.89. The maximum absolute atomic E-state index is 13.1. The van der Waals surface area contributed by atoms with Gasteiger partial charge in [-0.15, -0.1) is 11.3 Å². The molecular weight excluding hydrogens is 430 g/mol. The lowest BCUT2D eigenvalue weighted by molar-refractivity contribution is -0.123. The molecule has 0 aliphatic heterocycles. The van der Waals surface area contributed by atoms with Crippen LogP contribution in [0.5, 0.6) is 0 Å².